The van der Waals surface area contributed by atoms with Crippen LogP contribution in [0, 0.1) is 0 Å². The van der Waals surface area contributed by atoms with E-state index >= 15 is 0 Å². The number of aromatic nitrogens is 2. The van der Waals surface area contributed by atoms with E-state index in [2.05, 4.69) is 48.1 Å². The van der Waals surface area contributed by atoms with Crippen molar-refractivity contribution in [3.63, 3.8) is 0 Å². The van der Waals surface area contributed by atoms with Crippen molar-refractivity contribution in [2.45, 2.75) is 13.0 Å². The Kier molecular flexibility index (Phi) is 5.89. The molecule has 0 bridgehead atoms. The zero-order valence-corrected chi connectivity index (χ0v) is 12.6. The first kappa shape index (κ1) is 14.9. The monoisotopic (exact) mass is 287 g/mol. The first-order valence-electron chi connectivity index (χ1n) is 6.81. The fraction of sp³-hybridized carbons (Fsp3) is 0.312. The maximum absolute atomic E-state index is 4.06. The highest BCUT2D eigenvalue weighted by Crippen LogP contribution is 2.15. The van der Waals surface area contributed by atoms with Gasteiger partial charge in [0.05, 0.1) is 6.33 Å². The third kappa shape index (κ3) is 4.25. The standard InChI is InChI=1S/C16H21N3S/c1-3-11-20-12-9-18-14(2)15-4-6-16(7-5-15)19-10-8-17-13-19/h3-8,10,13-14,18H,1,9,11-12H2,2H3. The summed E-state index contributed by atoms with van der Waals surface area (Å²) in [5.41, 5.74) is 2.45. The van der Waals surface area contributed by atoms with Crippen molar-refractivity contribution in [2.75, 3.05) is 18.1 Å². The summed E-state index contributed by atoms with van der Waals surface area (Å²) in [5.74, 6) is 2.14. The Labute approximate surface area is 125 Å². The fourth-order valence-corrected chi connectivity index (χ4v) is 2.57. The van der Waals surface area contributed by atoms with Gasteiger partial charge in [-0.25, -0.2) is 4.98 Å². The number of nitrogens with zero attached hydrogens (tertiary/aromatic N) is 2. The van der Waals surface area contributed by atoms with Crippen molar-refractivity contribution in [1.29, 1.82) is 0 Å². The molecule has 0 aliphatic carbocycles. The molecule has 0 fully saturated rings. The highest BCUT2D eigenvalue weighted by molar-refractivity contribution is 7.99. The molecule has 4 heteroatoms. The molecule has 1 aromatic carbocycles. The lowest BCUT2D eigenvalue weighted by atomic mass is 10.1. The predicted octanol–water partition coefficient (Wildman–Crippen LogP) is 3.44. The molecule has 2 aromatic rings. The zero-order valence-electron chi connectivity index (χ0n) is 11.8. The molecule has 106 valence electrons. The number of benzene rings is 1. The maximum atomic E-state index is 4.06. The Hall–Kier alpha value is -1.52. The van der Waals surface area contributed by atoms with E-state index in [-0.39, 0.29) is 0 Å². The van der Waals surface area contributed by atoms with Crippen molar-refractivity contribution < 1.29 is 0 Å². The molecule has 1 aromatic heterocycles. The molecule has 0 amide bonds. The number of rotatable bonds is 8. The van der Waals surface area contributed by atoms with Gasteiger partial charge in [0.2, 0.25) is 0 Å². The van der Waals surface area contributed by atoms with Gasteiger partial charge in [-0.1, -0.05) is 18.2 Å². The molecule has 1 N–H and O–H groups in total. The lowest BCUT2D eigenvalue weighted by molar-refractivity contribution is 0.601. The van der Waals surface area contributed by atoms with Crippen LogP contribution in [0.25, 0.3) is 5.69 Å². The second kappa shape index (κ2) is 7.92. The van der Waals surface area contributed by atoms with Crippen LogP contribution in [0.1, 0.15) is 18.5 Å². The van der Waals surface area contributed by atoms with Crippen LogP contribution in [0.15, 0.2) is 55.6 Å². The van der Waals surface area contributed by atoms with Gasteiger partial charge < -0.3 is 9.88 Å². The molecule has 3 nitrogen and oxygen atoms in total. The molecule has 1 unspecified atom stereocenters. The second-order valence-electron chi connectivity index (χ2n) is 4.60. The number of hydrogen-bond acceptors (Lipinski definition) is 3. The summed E-state index contributed by atoms with van der Waals surface area (Å²) in [6.45, 7) is 6.94. The Bertz CT molecular complexity index is 505. The fourth-order valence-electron chi connectivity index (χ4n) is 1.98. The number of imidazole rings is 1. The maximum Gasteiger partial charge on any atom is 0.0991 e. The number of thioether (sulfide) groups is 1. The van der Waals surface area contributed by atoms with Crippen molar-refractivity contribution in [1.82, 2.24) is 14.9 Å². The molecule has 20 heavy (non-hydrogen) atoms. The van der Waals surface area contributed by atoms with E-state index in [1.807, 2.05) is 34.9 Å². The van der Waals surface area contributed by atoms with Crippen LogP contribution in [0.2, 0.25) is 0 Å². The highest BCUT2D eigenvalue weighted by Gasteiger charge is 2.04. The van der Waals surface area contributed by atoms with Gasteiger partial charge >= 0.3 is 0 Å². The van der Waals surface area contributed by atoms with Crippen molar-refractivity contribution >= 4 is 11.8 Å². The minimum atomic E-state index is 0.371. The lowest BCUT2D eigenvalue weighted by Gasteiger charge is -2.14. The van der Waals surface area contributed by atoms with Crippen LogP contribution < -0.4 is 5.32 Å². The number of hydrogen-bond donors (Lipinski definition) is 1. The van der Waals surface area contributed by atoms with E-state index < -0.39 is 0 Å². The van der Waals surface area contributed by atoms with E-state index in [1.165, 1.54) is 5.56 Å². The van der Waals surface area contributed by atoms with E-state index in [1.54, 1.807) is 6.20 Å². The minimum absolute atomic E-state index is 0.371. The molecule has 1 atom stereocenters. The van der Waals surface area contributed by atoms with Crippen molar-refractivity contribution in [3.8, 4) is 5.69 Å². The molecule has 2 rings (SSSR count). The first-order valence-corrected chi connectivity index (χ1v) is 7.97. The van der Waals surface area contributed by atoms with E-state index in [0.29, 0.717) is 6.04 Å². The normalized spacial score (nSPS) is 12.2. The highest BCUT2D eigenvalue weighted by atomic mass is 32.2. The van der Waals surface area contributed by atoms with Crippen LogP contribution in [-0.4, -0.2) is 27.6 Å². The van der Waals surface area contributed by atoms with Gasteiger partial charge in [0.1, 0.15) is 0 Å². The van der Waals surface area contributed by atoms with Gasteiger partial charge in [-0.15, -0.1) is 6.58 Å². The summed E-state index contributed by atoms with van der Waals surface area (Å²) in [4.78, 5) is 4.06. The van der Waals surface area contributed by atoms with Gasteiger partial charge in [0.25, 0.3) is 0 Å². The first-order chi connectivity index (χ1) is 9.81. The zero-order chi connectivity index (χ0) is 14.2. The Morgan fingerprint density at radius 2 is 2.20 bits per heavy atom. The van der Waals surface area contributed by atoms with E-state index in [0.717, 1.165) is 23.7 Å². The lowest BCUT2D eigenvalue weighted by Crippen LogP contribution is -2.21. The van der Waals surface area contributed by atoms with Crippen LogP contribution >= 0.6 is 11.8 Å². The Morgan fingerprint density at radius 3 is 2.85 bits per heavy atom. The molecule has 0 saturated carbocycles. The minimum Gasteiger partial charge on any atom is -0.309 e. The summed E-state index contributed by atoms with van der Waals surface area (Å²) < 4.78 is 2.01. The van der Waals surface area contributed by atoms with Crippen LogP contribution in [0.3, 0.4) is 0 Å². The molecular weight excluding hydrogens is 266 g/mol. The summed E-state index contributed by atoms with van der Waals surface area (Å²) >= 11 is 1.90. The van der Waals surface area contributed by atoms with Crippen LogP contribution in [-0.2, 0) is 0 Å². The molecule has 1 heterocycles. The van der Waals surface area contributed by atoms with Crippen LogP contribution in [0.5, 0.6) is 0 Å². The van der Waals surface area contributed by atoms with E-state index in [9.17, 15) is 0 Å². The smallest absolute Gasteiger partial charge is 0.0991 e. The topological polar surface area (TPSA) is 29.9 Å². The molecule has 0 aliphatic rings. The Balaban J connectivity index is 1.84. The van der Waals surface area contributed by atoms with E-state index in [4.69, 9.17) is 0 Å². The van der Waals surface area contributed by atoms with Crippen LogP contribution in [0.4, 0.5) is 0 Å². The average molecular weight is 287 g/mol. The van der Waals surface area contributed by atoms with Crippen molar-refractivity contribution in [2.24, 2.45) is 0 Å². The average Bonchev–Trinajstić information content (AvgIpc) is 3.01. The summed E-state index contributed by atoms with van der Waals surface area (Å²) in [7, 11) is 0. The van der Waals surface area contributed by atoms with Gasteiger partial charge in [-0.3, -0.25) is 0 Å². The summed E-state index contributed by atoms with van der Waals surface area (Å²) in [6.07, 6.45) is 7.50. The predicted molar refractivity (Wildman–Crippen MR) is 87.5 cm³/mol. The van der Waals surface area contributed by atoms with Crippen molar-refractivity contribution in [3.05, 3.63) is 61.2 Å². The summed E-state index contributed by atoms with van der Waals surface area (Å²) in [5, 5.41) is 3.54. The largest absolute Gasteiger partial charge is 0.309 e. The molecular formula is C16H21N3S. The third-order valence-corrected chi connectivity index (χ3v) is 4.09. The molecule has 0 radical (unpaired) electrons. The Morgan fingerprint density at radius 1 is 1.40 bits per heavy atom. The van der Waals surface area contributed by atoms with Gasteiger partial charge in [0.15, 0.2) is 0 Å². The van der Waals surface area contributed by atoms with Gasteiger partial charge in [-0.05, 0) is 24.6 Å². The SMILES string of the molecule is C=CCSCCNC(C)c1ccc(-n2ccnc2)cc1. The number of nitrogens with one attached hydrogen (secondary N) is 1. The molecule has 0 aliphatic heterocycles. The quantitative estimate of drug-likeness (QED) is 0.596. The van der Waals surface area contributed by atoms with Gasteiger partial charge in [-0.2, -0.15) is 11.8 Å². The summed E-state index contributed by atoms with van der Waals surface area (Å²) in [6, 6.07) is 8.97. The van der Waals surface area contributed by atoms with Gasteiger partial charge in [0, 0.05) is 42.2 Å². The second-order valence-corrected chi connectivity index (χ2v) is 5.75. The molecule has 0 spiro atoms. The molecule has 0 saturated heterocycles. The third-order valence-electron chi connectivity index (χ3n) is 3.13.